The first-order valence-corrected chi connectivity index (χ1v) is 12.3. The number of anilines is 1. The van der Waals surface area contributed by atoms with Crippen molar-refractivity contribution in [2.75, 3.05) is 39.6 Å². The molecule has 8 nitrogen and oxygen atoms in total. The van der Waals surface area contributed by atoms with E-state index in [2.05, 4.69) is 14.9 Å². The molecule has 11 heteroatoms. The van der Waals surface area contributed by atoms with Gasteiger partial charge in [-0.1, -0.05) is 23.7 Å². The number of rotatable bonds is 8. The van der Waals surface area contributed by atoms with Crippen molar-refractivity contribution >= 4 is 33.4 Å². The van der Waals surface area contributed by atoms with E-state index < -0.39 is 34.0 Å². The van der Waals surface area contributed by atoms with Gasteiger partial charge in [0.05, 0.1) is 11.6 Å². The Kier molecular flexibility index (Phi) is 8.30. The van der Waals surface area contributed by atoms with Crippen LogP contribution < -0.4 is 14.8 Å². The largest absolute Gasteiger partial charge is 0.494 e. The van der Waals surface area contributed by atoms with E-state index in [-0.39, 0.29) is 17.1 Å². The molecule has 0 aromatic heterocycles. The topological polar surface area (TPSA) is 91.0 Å². The molecule has 1 fully saturated rings. The highest BCUT2D eigenvalue weighted by molar-refractivity contribution is 7.87. The Balaban J connectivity index is 1.69. The van der Waals surface area contributed by atoms with Gasteiger partial charge >= 0.3 is 0 Å². The highest BCUT2D eigenvalue weighted by Gasteiger charge is 2.40. The van der Waals surface area contributed by atoms with Crippen LogP contribution in [0, 0.1) is 5.82 Å². The molecular formula is C22H28ClFN4O4S. The molecule has 0 radical (unpaired) electrons. The Labute approximate surface area is 198 Å². The number of likely N-dealkylation sites (N-methyl/N-ethyl adjacent to an activating group) is 1. The lowest BCUT2D eigenvalue weighted by Crippen LogP contribution is -2.55. The number of halogens is 2. The molecule has 1 heterocycles. The number of amides is 1. The zero-order valence-corrected chi connectivity index (χ0v) is 20.3. The van der Waals surface area contributed by atoms with Crippen LogP contribution in [0.4, 0.5) is 10.1 Å². The molecular weight excluding hydrogens is 471 g/mol. The average Bonchev–Trinajstić information content (AvgIpc) is 2.76. The van der Waals surface area contributed by atoms with Crippen LogP contribution in [-0.2, 0) is 15.0 Å². The van der Waals surface area contributed by atoms with Crippen molar-refractivity contribution < 1.29 is 22.3 Å². The minimum Gasteiger partial charge on any atom is -0.494 e. The summed E-state index contributed by atoms with van der Waals surface area (Å²) in [5.41, 5.74) is 0.998. The molecule has 1 aliphatic rings. The van der Waals surface area contributed by atoms with Crippen LogP contribution in [0.15, 0.2) is 42.5 Å². The molecule has 0 bridgehead atoms. The molecule has 3 rings (SSSR count). The van der Waals surface area contributed by atoms with Crippen molar-refractivity contribution in [3.8, 4) is 5.75 Å². The number of hydrogen-bond acceptors (Lipinski definition) is 5. The van der Waals surface area contributed by atoms with Crippen LogP contribution in [0.25, 0.3) is 0 Å². The molecule has 1 amide bonds. The molecule has 0 saturated carbocycles. The van der Waals surface area contributed by atoms with E-state index in [0.717, 1.165) is 28.9 Å². The molecule has 0 spiro atoms. The maximum absolute atomic E-state index is 13.4. The smallest absolute Gasteiger partial charge is 0.280 e. The van der Waals surface area contributed by atoms with Crippen LogP contribution in [0.2, 0.25) is 5.02 Å². The lowest BCUT2D eigenvalue weighted by atomic mass is 9.99. The van der Waals surface area contributed by atoms with E-state index in [1.54, 1.807) is 24.3 Å². The Morgan fingerprint density at radius 3 is 2.61 bits per heavy atom. The van der Waals surface area contributed by atoms with Crippen LogP contribution in [-0.4, -0.2) is 63.9 Å². The van der Waals surface area contributed by atoms with Crippen molar-refractivity contribution in [1.82, 2.24) is 13.9 Å². The van der Waals surface area contributed by atoms with Crippen LogP contribution in [0.3, 0.4) is 0 Å². The highest BCUT2D eigenvalue weighted by atomic mass is 35.5. The number of benzene rings is 2. The second-order valence-electron chi connectivity index (χ2n) is 8.14. The summed E-state index contributed by atoms with van der Waals surface area (Å²) in [6, 6.07) is 9.35. The van der Waals surface area contributed by atoms with Crippen molar-refractivity contribution in [2.24, 2.45) is 0 Å². The van der Waals surface area contributed by atoms with E-state index in [4.69, 9.17) is 16.3 Å². The Bertz CT molecular complexity index is 1080. The van der Waals surface area contributed by atoms with Gasteiger partial charge in [0.25, 0.3) is 10.2 Å². The third kappa shape index (κ3) is 6.64. The minimum atomic E-state index is -3.90. The maximum Gasteiger partial charge on any atom is 0.280 e. The van der Waals surface area contributed by atoms with Crippen LogP contribution in [0.1, 0.15) is 24.4 Å². The second-order valence-corrected chi connectivity index (χ2v) is 10.3. The van der Waals surface area contributed by atoms with Gasteiger partial charge in [0.1, 0.15) is 17.6 Å². The number of ether oxygens (including phenoxy) is 1. The number of nitrogens with zero attached hydrogens (tertiary/aromatic N) is 2. The molecule has 1 saturated heterocycles. The van der Waals surface area contributed by atoms with Gasteiger partial charge in [-0.3, -0.25) is 4.79 Å². The summed E-state index contributed by atoms with van der Waals surface area (Å²) in [5, 5.41) is 2.48. The summed E-state index contributed by atoms with van der Waals surface area (Å²) in [6.45, 7) is 1.50. The third-order valence-corrected chi connectivity index (χ3v) is 7.24. The van der Waals surface area contributed by atoms with Crippen molar-refractivity contribution in [3.63, 3.8) is 0 Å². The van der Waals surface area contributed by atoms with Crippen molar-refractivity contribution in [2.45, 2.75) is 24.9 Å². The van der Waals surface area contributed by atoms with Gasteiger partial charge in [-0.2, -0.15) is 17.4 Å². The zero-order valence-electron chi connectivity index (χ0n) is 18.7. The monoisotopic (exact) mass is 498 g/mol. The summed E-state index contributed by atoms with van der Waals surface area (Å²) in [7, 11) is 1.44. The third-order valence-electron chi connectivity index (χ3n) is 5.36. The van der Waals surface area contributed by atoms with Gasteiger partial charge in [-0.25, -0.2) is 4.39 Å². The number of hydrogen-bond donors (Lipinski definition) is 2. The Morgan fingerprint density at radius 2 is 1.97 bits per heavy atom. The second kappa shape index (κ2) is 10.8. The van der Waals surface area contributed by atoms with Crippen molar-refractivity contribution in [3.05, 3.63) is 58.9 Å². The fourth-order valence-electron chi connectivity index (χ4n) is 3.49. The number of carbonyl (C=O) groups is 1. The first-order chi connectivity index (χ1) is 15.6. The molecule has 33 heavy (non-hydrogen) atoms. The fraction of sp³-hybridized carbons (Fsp3) is 0.409. The molecule has 180 valence electrons. The van der Waals surface area contributed by atoms with E-state index in [1.807, 2.05) is 14.1 Å². The van der Waals surface area contributed by atoms with E-state index >= 15 is 0 Å². The molecule has 2 aromatic carbocycles. The molecule has 0 unspecified atom stereocenters. The lowest BCUT2D eigenvalue weighted by molar-refractivity contribution is -0.120. The van der Waals surface area contributed by atoms with E-state index in [0.29, 0.717) is 12.4 Å². The van der Waals surface area contributed by atoms with Gasteiger partial charge in [0.2, 0.25) is 5.91 Å². The van der Waals surface area contributed by atoms with Gasteiger partial charge in [0.15, 0.2) is 0 Å². The minimum absolute atomic E-state index is 0.138. The normalized spacial score (nSPS) is 20.5. The Hall–Kier alpha value is -2.24. The molecule has 0 aliphatic carbocycles. The van der Waals surface area contributed by atoms with Gasteiger partial charge in [-0.05, 0) is 62.8 Å². The lowest BCUT2D eigenvalue weighted by Gasteiger charge is -2.36. The first kappa shape index (κ1) is 25.4. The molecule has 2 atom stereocenters. The highest BCUT2D eigenvalue weighted by Crippen LogP contribution is 2.30. The quantitative estimate of drug-likeness (QED) is 0.546. The molecule has 2 N–H and O–H groups in total. The van der Waals surface area contributed by atoms with Crippen LogP contribution in [0.5, 0.6) is 5.75 Å². The molecule has 2 aromatic rings. The average molecular weight is 499 g/mol. The molecule has 1 aliphatic heterocycles. The van der Waals surface area contributed by atoms with Crippen LogP contribution >= 0.6 is 11.6 Å². The van der Waals surface area contributed by atoms with Gasteiger partial charge < -0.3 is 15.0 Å². The number of carbonyl (C=O) groups excluding carboxylic acids is 1. The Morgan fingerprint density at radius 1 is 1.27 bits per heavy atom. The summed E-state index contributed by atoms with van der Waals surface area (Å²) in [6.07, 6.45) is 1.10. The van der Waals surface area contributed by atoms with Gasteiger partial charge in [-0.15, -0.1) is 0 Å². The predicted molar refractivity (Wildman–Crippen MR) is 126 cm³/mol. The summed E-state index contributed by atoms with van der Waals surface area (Å²) in [4.78, 5) is 15.0. The SMILES string of the molecule is CN(C)CCCOc1ccc([C@H]2C[C@@H](C(=O)Nc3ccc(F)c(Cl)c3)N(C)S(=O)(=O)N2)cc1. The van der Waals surface area contributed by atoms with Crippen molar-refractivity contribution in [1.29, 1.82) is 0 Å². The number of nitrogens with one attached hydrogen (secondary N) is 2. The summed E-state index contributed by atoms with van der Waals surface area (Å²) in [5.74, 6) is -0.451. The first-order valence-electron chi connectivity index (χ1n) is 10.5. The van der Waals surface area contributed by atoms with E-state index in [9.17, 15) is 17.6 Å². The van der Waals surface area contributed by atoms with E-state index in [1.165, 1.54) is 19.2 Å². The van der Waals surface area contributed by atoms with Gasteiger partial charge in [0, 0.05) is 25.3 Å². The summed E-state index contributed by atoms with van der Waals surface area (Å²) >= 11 is 5.77. The predicted octanol–water partition coefficient (Wildman–Crippen LogP) is 3.03. The standard InChI is InChI=1S/C22H28ClFN4O4S/c1-27(2)11-4-12-32-17-8-5-15(6-9-17)20-14-21(28(3)33(30,31)26-20)22(29)25-16-7-10-19(24)18(23)13-16/h5-10,13,20-21,26H,4,11-12,14H2,1-3H3,(H,25,29)/t20-,21+/m1/s1. The maximum atomic E-state index is 13.4. The fourth-order valence-corrected chi connectivity index (χ4v) is 4.95. The zero-order chi connectivity index (χ0) is 24.2. The summed E-state index contributed by atoms with van der Waals surface area (Å²) < 4.78 is 48.0.